The fourth-order valence-corrected chi connectivity index (χ4v) is 5.16. The van der Waals surface area contributed by atoms with Crippen LogP contribution in [0.2, 0.25) is 5.02 Å². The minimum atomic E-state index is -0.204. The summed E-state index contributed by atoms with van der Waals surface area (Å²) in [6, 6.07) is 8.90. The lowest BCUT2D eigenvalue weighted by Crippen LogP contribution is -2.27. The highest BCUT2D eigenvalue weighted by atomic mass is 127. The monoisotopic (exact) mass is 561 g/mol. The molecule has 3 rings (SSSR count). The molecule has 0 aliphatic carbocycles. The summed E-state index contributed by atoms with van der Waals surface area (Å²) in [5.74, 6) is 1.63. The molecule has 0 atom stereocenters. The minimum Gasteiger partial charge on any atom is -0.495 e. The molecule has 1 aliphatic rings. The van der Waals surface area contributed by atoms with Crippen molar-refractivity contribution in [1.82, 2.24) is 0 Å². The molecule has 0 aromatic heterocycles. The van der Waals surface area contributed by atoms with Gasteiger partial charge in [-0.05, 0) is 71.5 Å². The van der Waals surface area contributed by atoms with Crippen molar-refractivity contribution in [3.63, 3.8) is 0 Å². The Kier molecular flexibility index (Phi) is 7.31. The molecular formula is C20H17ClINO4S2. The molecule has 0 radical (unpaired) electrons. The molecule has 0 saturated carbocycles. The van der Waals surface area contributed by atoms with E-state index in [2.05, 4.69) is 22.6 Å². The van der Waals surface area contributed by atoms with Crippen molar-refractivity contribution < 1.29 is 19.0 Å². The SMILES string of the molecule is CCOc1cc(/C=C2/SC(=S)N(c3ccc(OC)c(Cl)c3)C2=O)cc(I)c1OC. The zero-order chi connectivity index (χ0) is 21.1. The van der Waals surface area contributed by atoms with Crippen LogP contribution in [0.3, 0.4) is 0 Å². The third-order valence-corrected chi connectivity index (χ3v) is 6.42. The lowest BCUT2D eigenvalue weighted by atomic mass is 10.1. The summed E-state index contributed by atoms with van der Waals surface area (Å²) < 4.78 is 17.6. The molecule has 5 nitrogen and oxygen atoms in total. The Balaban J connectivity index is 1.95. The third-order valence-electron chi connectivity index (χ3n) is 4.02. The minimum absolute atomic E-state index is 0.204. The van der Waals surface area contributed by atoms with E-state index in [1.807, 2.05) is 19.1 Å². The number of thioether (sulfide) groups is 1. The van der Waals surface area contributed by atoms with E-state index >= 15 is 0 Å². The molecule has 2 aromatic rings. The van der Waals surface area contributed by atoms with Crippen molar-refractivity contribution in [3.05, 3.63) is 49.4 Å². The Hall–Kier alpha value is -1.49. The molecule has 0 spiro atoms. The number of rotatable bonds is 6. The van der Waals surface area contributed by atoms with Crippen molar-refractivity contribution in [3.8, 4) is 17.2 Å². The molecule has 152 valence electrons. The Morgan fingerprint density at radius 1 is 1.21 bits per heavy atom. The second-order valence-electron chi connectivity index (χ2n) is 5.80. The quantitative estimate of drug-likeness (QED) is 0.254. The second-order valence-corrected chi connectivity index (χ2v) is 9.05. The maximum atomic E-state index is 13.0. The first-order chi connectivity index (χ1) is 13.9. The van der Waals surface area contributed by atoms with Gasteiger partial charge in [-0.15, -0.1) is 0 Å². The topological polar surface area (TPSA) is 48.0 Å². The molecule has 2 aromatic carbocycles. The van der Waals surface area contributed by atoms with E-state index in [0.29, 0.717) is 43.8 Å². The van der Waals surface area contributed by atoms with Crippen LogP contribution < -0.4 is 19.1 Å². The number of carbonyl (C=O) groups is 1. The average molecular weight is 562 g/mol. The van der Waals surface area contributed by atoms with Crippen LogP contribution in [-0.4, -0.2) is 31.1 Å². The van der Waals surface area contributed by atoms with Crippen molar-refractivity contribution in [2.45, 2.75) is 6.92 Å². The van der Waals surface area contributed by atoms with Gasteiger partial charge in [0, 0.05) is 0 Å². The molecule has 0 N–H and O–H groups in total. The molecule has 1 aliphatic heterocycles. The number of hydrogen-bond donors (Lipinski definition) is 0. The van der Waals surface area contributed by atoms with Gasteiger partial charge in [-0.1, -0.05) is 35.6 Å². The zero-order valence-corrected chi connectivity index (χ0v) is 20.4. The number of hydrogen-bond acceptors (Lipinski definition) is 6. The van der Waals surface area contributed by atoms with Gasteiger partial charge in [-0.2, -0.15) is 0 Å². The van der Waals surface area contributed by atoms with Crippen molar-refractivity contribution >= 4 is 80.2 Å². The normalized spacial score (nSPS) is 15.2. The van der Waals surface area contributed by atoms with Crippen LogP contribution in [0.15, 0.2) is 35.2 Å². The van der Waals surface area contributed by atoms with Gasteiger partial charge in [0.05, 0.1) is 40.0 Å². The fraction of sp³-hybridized carbons (Fsp3) is 0.200. The number of anilines is 1. The van der Waals surface area contributed by atoms with Crippen LogP contribution in [0, 0.1) is 3.57 Å². The number of thiocarbonyl (C=S) groups is 1. The van der Waals surface area contributed by atoms with Crippen LogP contribution in [0.25, 0.3) is 6.08 Å². The maximum Gasteiger partial charge on any atom is 0.270 e. The number of halogens is 2. The first-order valence-corrected chi connectivity index (χ1v) is 11.2. The standard InChI is InChI=1S/C20H17ClINO4S2/c1-4-27-16-8-11(7-14(22)18(16)26-3)9-17-19(24)23(20(28)29-17)12-5-6-15(25-2)13(21)10-12/h5-10H,4H2,1-3H3/b17-9+. The molecule has 1 fully saturated rings. The number of nitrogens with zero attached hydrogens (tertiary/aromatic N) is 1. The van der Waals surface area contributed by atoms with E-state index in [1.165, 1.54) is 23.8 Å². The summed E-state index contributed by atoms with van der Waals surface area (Å²) in [5.41, 5.74) is 1.42. The molecule has 1 saturated heterocycles. The van der Waals surface area contributed by atoms with Crippen molar-refractivity contribution in [1.29, 1.82) is 0 Å². The molecule has 0 bridgehead atoms. The van der Waals surface area contributed by atoms with Gasteiger partial charge >= 0.3 is 0 Å². The summed E-state index contributed by atoms with van der Waals surface area (Å²) in [4.78, 5) is 15.0. The van der Waals surface area contributed by atoms with Crippen LogP contribution in [0.1, 0.15) is 12.5 Å². The van der Waals surface area contributed by atoms with Gasteiger partial charge in [-0.3, -0.25) is 9.69 Å². The van der Waals surface area contributed by atoms with Crippen LogP contribution in [0.4, 0.5) is 5.69 Å². The lowest BCUT2D eigenvalue weighted by molar-refractivity contribution is -0.113. The highest BCUT2D eigenvalue weighted by molar-refractivity contribution is 14.1. The zero-order valence-electron chi connectivity index (χ0n) is 15.8. The molecule has 1 heterocycles. The largest absolute Gasteiger partial charge is 0.495 e. The number of benzene rings is 2. The fourth-order valence-electron chi connectivity index (χ4n) is 2.77. The molecule has 1 amide bonds. The van der Waals surface area contributed by atoms with Crippen LogP contribution >= 0.6 is 58.2 Å². The average Bonchev–Trinajstić information content (AvgIpc) is 2.95. The number of ether oxygens (including phenoxy) is 3. The number of methoxy groups -OCH3 is 2. The predicted octanol–water partition coefficient (Wildman–Crippen LogP) is 5.77. The van der Waals surface area contributed by atoms with Crippen molar-refractivity contribution in [2.75, 3.05) is 25.7 Å². The highest BCUT2D eigenvalue weighted by Crippen LogP contribution is 2.40. The molecule has 29 heavy (non-hydrogen) atoms. The van der Waals surface area contributed by atoms with E-state index in [4.69, 9.17) is 38.0 Å². The third kappa shape index (κ3) is 4.65. The predicted molar refractivity (Wildman–Crippen MR) is 131 cm³/mol. The molecule has 0 unspecified atom stereocenters. The Morgan fingerprint density at radius 3 is 2.59 bits per heavy atom. The van der Waals surface area contributed by atoms with Gasteiger partial charge < -0.3 is 14.2 Å². The van der Waals surface area contributed by atoms with E-state index in [-0.39, 0.29) is 5.91 Å². The summed E-state index contributed by atoms with van der Waals surface area (Å²) in [6.07, 6.45) is 1.80. The maximum absolute atomic E-state index is 13.0. The Bertz CT molecular complexity index is 1010. The second kappa shape index (κ2) is 9.55. The summed E-state index contributed by atoms with van der Waals surface area (Å²) in [6.45, 7) is 2.42. The number of amides is 1. The van der Waals surface area contributed by atoms with Crippen LogP contribution in [0.5, 0.6) is 17.2 Å². The molecular weight excluding hydrogens is 545 g/mol. The van der Waals surface area contributed by atoms with Crippen LogP contribution in [-0.2, 0) is 4.79 Å². The molecule has 9 heteroatoms. The van der Waals surface area contributed by atoms with Crippen molar-refractivity contribution in [2.24, 2.45) is 0 Å². The van der Waals surface area contributed by atoms with E-state index < -0.39 is 0 Å². The summed E-state index contributed by atoms with van der Waals surface area (Å²) in [7, 11) is 3.14. The number of carbonyl (C=O) groups excluding carboxylic acids is 1. The van der Waals surface area contributed by atoms with Gasteiger partial charge in [0.2, 0.25) is 0 Å². The highest BCUT2D eigenvalue weighted by Gasteiger charge is 2.33. The lowest BCUT2D eigenvalue weighted by Gasteiger charge is -2.15. The van der Waals surface area contributed by atoms with Gasteiger partial charge in [0.25, 0.3) is 5.91 Å². The van der Waals surface area contributed by atoms with Gasteiger partial charge in [-0.25, -0.2) is 0 Å². The first-order valence-electron chi connectivity index (χ1n) is 8.51. The smallest absolute Gasteiger partial charge is 0.270 e. The summed E-state index contributed by atoms with van der Waals surface area (Å²) >= 11 is 15.1. The van der Waals surface area contributed by atoms with Gasteiger partial charge in [0.15, 0.2) is 15.8 Å². The van der Waals surface area contributed by atoms with E-state index in [9.17, 15) is 4.79 Å². The Morgan fingerprint density at radius 2 is 1.97 bits per heavy atom. The first kappa shape index (κ1) is 22.2. The summed E-state index contributed by atoms with van der Waals surface area (Å²) in [5, 5.41) is 0.411. The van der Waals surface area contributed by atoms with E-state index in [0.717, 1.165) is 9.13 Å². The van der Waals surface area contributed by atoms with Gasteiger partial charge in [0.1, 0.15) is 5.75 Å². The van der Waals surface area contributed by atoms with E-state index in [1.54, 1.807) is 31.4 Å². The Labute approximate surface area is 197 Å².